The molecular formula is C20H29Cl2N3O2. The molecule has 2 aromatic rings. The van der Waals surface area contributed by atoms with Crippen LogP contribution in [0.1, 0.15) is 32.1 Å². The number of carbonyl (C=O) groups excluding carboxylic acids is 1. The Morgan fingerprint density at radius 2 is 1.96 bits per heavy atom. The second kappa shape index (κ2) is 12.8. The molecule has 1 fully saturated rings. The van der Waals surface area contributed by atoms with Crippen molar-refractivity contribution in [2.24, 2.45) is 5.92 Å². The molecule has 1 aliphatic rings. The van der Waals surface area contributed by atoms with Gasteiger partial charge in [0.15, 0.2) is 0 Å². The summed E-state index contributed by atoms with van der Waals surface area (Å²) in [5.41, 5.74) is 0.885. The first-order valence-corrected chi connectivity index (χ1v) is 9.27. The SMILES string of the molecule is Cl.Cl.O=C(CCC1CCNCC1)NCCCOc1cccc2cccnc12. The molecule has 0 spiro atoms. The third kappa shape index (κ3) is 7.53. The first-order chi connectivity index (χ1) is 12.3. The van der Waals surface area contributed by atoms with E-state index in [2.05, 4.69) is 15.6 Å². The second-order valence-electron chi connectivity index (χ2n) is 6.62. The van der Waals surface area contributed by atoms with Crippen LogP contribution in [0.3, 0.4) is 0 Å². The van der Waals surface area contributed by atoms with E-state index < -0.39 is 0 Å². The second-order valence-corrected chi connectivity index (χ2v) is 6.62. The van der Waals surface area contributed by atoms with Gasteiger partial charge in [-0.2, -0.15) is 0 Å². The number of pyridine rings is 1. The molecule has 2 N–H and O–H groups in total. The lowest BCUT2D eigenvalue weighted by Crippen LogP contribution is -2.30. The summed E-state index contributed by atoms with van der Waals surface area (Å²) in [7, 11) is 0. The van der Waals surface area contributed by atoms with Gasteiger partial charge in [-0.3, -0.25) is 9.78 Å². The van der Waals surface area contributed by atoms with Crippen LogP contribution >= 0.6 is 24.8 Å². The van der Waals surface area contributed by atoms with Crippen molar-refractivity contribution in [2.45, 2.75) is 32.1 Å². The fourth-order valence-corrected chi connectivity index (χ4v) is 3.27. The Morgan fingerprint density at radius 1 is 1.19 bits per heavy atom. The molecule has 1 aliphatic heterocycles. The number of piperidine rings is 1. The monoisotopic (exact) mass is 413 g/mol. The van der Waals surface area contributed by atoms with Crippen LogP contribution in [0, 0.1) is 5.92 Å². The first-order valence-electron chi connectivity index (χ1n) is 9.27. The summed E-state index contributed by atoms with van der Waals surface area (Å²) in [5.74, 6) is 1.66. The van der Waals surface area contributed by atoms with Crippen molar-refractivity contribution in [2.75, 3.05) is 26.2 Å². The van der Waals surface area contributed by atoms with E-state index in [1.165, 1.54) is 12.8 Å². The van der Waals surface area contributed by atoms with Crippen molar-refractivity contribution < 1.29 is 9.53 Å². The van der Waals surface area contributed by atoms with Gasteiger partial charge in [-0.15, -0.1) is 24.8 Å². The van der Waals surface area contributed by atoms with E-state index in [0.717, 1.165) is 42.6 Å². The highest BCUT2D eigenvalue weighted by molar-refractivity contribution is 5.85. The van der Waals surface area contributed by atoms with Crippen molar-refractivity contribution >= 4 is 41.6 Å². The van der Waals surface area contributed by atoms with Gasteiger partial charge in [-0.05, 0) is 56.8 Å². The maximum absolute atomic E-state index is 11.9. The van der Waals surface area contributed by atoms with Crippen LogP contribution < -0.4 is 15.4 Å². The Kier molecular flexibility index (Phi) is 11.1. The molecule has 150 valence electrons. The van der Waals surface area contributed by atoms with Gasteiger partial charge in [0.05, 0.1) is 6.61 Å². The molecule has 1 amide bonds. The molecule has 1 aromatic heterocycles. The van der Waals surface area contributed by atoms with E-state index in [1.807, 2.05) is 30.3 Å². The Balaban J connectivity index is 0.00000182. The van der Waals surface area contributed by atoms with Gasteiger partial charge in [0.2, 0.25) is 5.91 Å². The molecule has 0 saturated carbocycles. The molecule has 0 unspecified atom stereocenters. The number of hydrogen-bond acceptors (Lipinski definition) is 4. The Morgan fingerprint density at radius 3 is 2.78 bits per heavy atom. The third-order valence-electron chi connectivity index (χ3n) is 4.73. The minimum absolute atomic E-state index is 0. The summed E-state index contributed by atoms with van der Waals surface area (Å²) in [6.45, 7) is 3.41. The van der Waals surface area contributed by atoms with Gasteiger partial charge in [-0.25, -0.2) is 0 Å². The molecule has 1 aromatic carbocycles. The molecule has 1 saturated heterocycles. The van der Waals surface area contributed by atoms with E-state index in [9.17, 15) is 4.79 Å². The van der Waals surface area contributed by atoms with E-state index in [-0.39, 0.29) is 30.7 Å². The lowest BCUT2D eigenvalue weighted by molar-refractivity contribution is -0.121. The van der Waals surface area contributed by atoms with Crippen molar-refractivity contribution in [3.8, 4) is 5.75 Å². The Hall–Kier alpha value is -1.56. The van der Waals surface area contributed by atoms with Crippen molar-refractivity contribution in [1.29, 1.82) is 0 Å². The fraction of sp³-hybridized carbons (Fsp3) is 0.500. The number of aromatic nitrogens is 1. The summed E-state index contributed by atoms with van der Waals surface area (Å²) in [4.78, 5) is 16.3. The summed E-state index contributed by atoms with van der Waals surface area (Å²) in [6.07, 6.45) is 6.60. The number of halogens is 2. The predicted molar refractivity (Wildman–Crippen MR) is 114 cm³/mol. The zero-order valence-corrected chi connectivity index (χ0v) is 17.1. The highest BCUT2D eigenvalue weighted by Gasteiger charge is 2.14. The van der Waals surface area contributed by atoms with Crippen LogP contribution in [0.4, 0.5) is 0 Å². The molecule has 27 heavy (non-hydrogen) atoms. The predicted octanol–water partition coefficient (Wildman–Crippen LogP) is 3.74. The maximum Gasteiger partial charge on any atom is 0.220 e. The molecule has 0 radical (unpaired) electrons. The fourth-order valence-electron chi connectivity index (χ4n) is 3.27. The molecule has 3 rings (SSSR count). The number of hydrogen-bond donors (Lipinski definition) is 2. The average Bonchev–Trinajstić information content (AvgIpc) is 2.67. The smallest absolute Gasteiger partial charge is 0.220 e. The molecular weight excluding hydrogens is 385 g/mol. The summed E-state index contributed by atoms with van der Waals surface area (Å²) >= 11 is 0. The topological polar surface area (TPSA) is 63.2 Å². The van der Waals surface area contributed by atoms with Gasteiger partial charge in [0.1, 0.15) is 11.3 Å². The minimum atomic E-state index is 0. The zero-order valence-electron chi connectivity index (χ0n) is 15.5. The first kappa shape index (κ1) is 23.5. The Bertz CT molecular complexity index is 688. The lowest BCUT2D eigenvalue weighted by atomic mass is 9.93. The zero-order chi connectivity index (χ0) is 17.3. The lowest BCUT2D eigenvalue weighted by Gasteiger charge is -2.22. The van der Waals surface area contributed by atoms with Gasteiger partial charge >= 0.3 is 0 Å². The molecule has 0 aliphatic carbocycles. The quantitative estimate of drug-likeness (QED) is 0.646. The molecule has 0 atom stereocenters. The van der Waals surface area contributed by atoms with Crippen LogP contribution in [0.5, 0.6) is 5.75 Å². The number of fused-ring (bicyclic) bond motifs is 1. The molecule has 2 heterocycles. The summed E-state index contributed by atoms with van der Waals surface area (Å²) in [5, 5.41) is 7.43. The van der Waals surface area contributed by atoms with E-state index >= 15 is 0 Å². The minimum Gasteiger partial charge on any atom is -0.491 e. The van der Waals surface area contributed by atoms with Crippen LogP contribution in [0.25, 0.3) is 10.9 Å². The van der Waals surface area contributed by atoms with Crippen LogP contribution in [0.15, 0.2) is 36.5 Å². The summed E-state index contributed by atoms with van der Waals surface area (Å²) in [6, 6.07) is 9.88. The number of rotatable bonds is 8. The molecule has 5 nitrogen and oxygen atoms in total. The van der Waals surface area contributed by atoms with E-state index in [0.29, 0.717) is 25.5 Å². The standard InChI is InChI=1S/C20H27N3O2.2ClH/c24-19(8-7-16-9-13-21-14-10-16)22-12-3-15-25-18-6-1-4-17-5-2-11-23-20(17)18;;/h1-2,4-6,11,16,21H,3,7-10,12-15H2,(H,22,24);2*1H. The Labute approximate surface area is 173 Å². The van der Waals surface area contributed by atoms with Crippen molar-refractivity contribution in [3.05, 3.63) is 36.5 Å². The van der Waals surface area contributed by atoms with Crippen LogP contribution in [-0.4, -0.2) is 37.1 Å². The van der Waals surface area contributed by atoms with Crippen molar-refractivity contribution in [3.63, 3.8) is 0 Å². The highest BCUT2D eigenvalue weighted by atomic mass is 35.5. The van der Waals surface area contributed by atoms with Gasteiger partial charge < -0.3 is 15.4 Å². The number of carbonyl (C=O) groups is 1. The number of nitrogens with zero attached hydrogens (tertiary/aromatic N) is 1. The normalized spacial score (nSPS) is 14.1. The molecule has 7 heteroatoms. The maximum atomic E-state index is 11.9. The third-order valence-corrected chi connectivity index (χ3v) is 4.73. The number of benzene rings is 1. The molecule has 0 bridgehead atoms. The number of nitrogens with one attached hydrogen (secondary N) is 2. The van der Waals surface area contributed by atoms with E-state index in [4.69, 9.17) is 4.74 Å². The summed E-state index contributed by atoms with van der Waals surface area (Å²) < 4.78 is 5.84. The van der Waals surface area contributed by atoms with E-state index in [1.54, 1.807) is 6.20 Å². The number of para-hydroxylation sites is 1. The number of ether oxygens (including phenoxy) is 1. The number of amides is 1. The van der Waals surface area contributed by atoms with Crippen LogP contribution in [-0.2, 0) is 4.79 Å². The van der Waals surface area contributed by atoms with Gasteiger partial charge in [-0.1, -0.05) is 18.2 Å². The highest BCUT2D eigenvalue weighted by Crippen LogP contribution is 2.22. The largest absolute Gasteiger partial charge is 0.491 e. The van der Waals surface area contributed by atoms with Crippen molar-refractivity contribution in [1.82, 2.24) is 15.6 Å². The average molecular weight is 414 g/mol. The van der Waals surface area contributed by atoms with Crippen LogP contribution in [0.2, 0.25) is 0 Å². The van der Waals surface area contributed by atoms with Gasteiger partial charge in [0, 0.05) is 24.5 Å². The van der Waals surface area contributed by atoms with Gasteiger partial charge in [0.25, 0.3) is 0 Å².